The fraction of sp³-hybridized carbons (Fsp3) is 0.600. The predicted molar refractivity (Wildman–Crippen MR) is 103 cm³/mol. The van der Waals surface area contributed by atoms with Crippen molar-refractivity contribution < 1.29 is 14.3 Å². The van der Waals surface area contributed by atoms with Gasteiger partial charge in [0.25, 0.3) is 0 Å². The molecule has 3 unspecified atom stereocenters. The number of hydrogen-bond acceptors (Lipinski definition) is 5. The van der Waals surface area contributed by atoms with Gasteiger partial charge in [0.1, 0.15) is 0 Å². The number of rotatable bonds is 7. The summed E-state index contributed by atoms with van der Waals surface area (Å²) in [5.74, 6) is -0.349. The van der Waals surface area contributed by atoms with Crippen LogP contribution in [0.2, 0.25) is 0 Å². The molecule has 2 aliphatic rings. The molecule has 0 spiro atoms. The van der Waals surface area contributed by atoms with Crippen LogP contribution in [-0.2, 0) is 14.3 Å². The summed E-state index contributed by atoms with van der Waals surface area (Å²) in [5, 5.41) is 3.01. The monoisotopic (exact) mass is 374 g/mol. The summed E-state index contributed by atoms with van der Waals surface area (Å²) in [7, 11) is 0. The molecule has 7 heteroatoms. The molecule has 0 radical (unpaired) electrons. The van der Waals surface area contributed by atoms with Gasteiger partial charge in [0.15, 0.2) is 0 Å². The van der Waals surface area contributed by atoms with E-state index in [1.807, 2.05) is 42.2 Å². The smallest absolute Gasteiger partial charge is 0.225 e. The molecule has 3 N–H and O–H groups in total. The van der Waals surface area contributed by atoms with Gasteiger partial charge < -0.3 is 20.7 Å². The quantitative estimate of drug-likeness (QED) is 0.720. The van der Waals surface area contributed by atoms with Crippen LogP contribution in [0.3, 0.4) is 0 Å². The molecular weight excluding hydrogens is 344 g/mol. The van der Waals surface area contributed by atoms with Crippen molar-refractivity contribution in [1.82, 2.24) is 15.1 Å². The Morgan fingerprint density at radius 1 is 1.26 bits per heavy atom. The largest absolute Gasteiger partial charge is 0.379 e. The first-order chi connectivity index (χ1) is 13.0. The summed E-state index contributed by atoms with van der Waals surface area (Å²) in [4.78, 5) is 29.0. The molecule has 2 fully saturated rings. The Kier molecular flexibility index (Phi) is 6.82. The number of ether oxygens (including phenoxy) is 1. The van der Waals surface area contributed by atoms with E-state index in [0.717, 1.165) is 38.4 Å². The van der Waals surface area contributed by atoms with Crippen LogP contribution in [0.1, 0.15) is 24.9 Å². The summed E-state index contributed by atoms with van der Waals surface area (Å²) < 4.78 is 5.35. The predicted octanol–water partition coefficient (Wildman–Crippen LogP) is 0.372. The molecule has 2 aliphatic heterocycles. The van der Waals surface area contributed by atoms with Gasteiger partial charge in [-0.25, -0.2) is 0 Å². The van der Waals surface area contributed by atoms with Crippen molar-refractivity contribution in [3.63, 3.8) is 0 Å². The molecule has 0 bridgehead atoms. The zero-order chi connectivity index (χ0) is 19.2. The molecule has 27 heavy (non-hydrogen) atoms. The number of carbonyl (C=O) groups is 2. The number of nitrogens with zero attached hydrogens (tertiary/aromatic N) is 2. The van der Waals surface area contributed by atoms with Gasteiger partial charge in [0.2, 0.25) is 11.8 Å². The van der Waals surface area contributed by atoms with E-state index < -0.39 is 0 Å². The van der Waals surface area contributed by atoms with Crippen LogP contribution in [0.4, 0.5) is 0 Å². The van der Waals surface area contributed by atoms with Gasteiger partial charge in [0, 0.05) is 45.2 Å². The molecule has 3 rings (SSSR count). The van der Waals surface area contributed by atoms with Crippen molar-refractivity contribution in [1.29, 1.82) is 0 Å². The number of nitrogens with two attached hydrogens (primary N) is 1. The average molecular weight is 374 g/mol. The summed E-state index contributed by atoms with van der Waals surface area (Å²) in [6.07, 6.45) is 0.363. The van der Waals surface area contributed by atoms with Gasteiger partial charge in [-0.15, -0.1) is 0 Å². The number of likely N-dealkylation sites (tertiary alicyclic amines) is 1. The Bertz CT molecular complexity index is 633. The Hall–Kier alpha value is -1.96. The van der Waals surface area contributed by atoms with Crippen LogP contribution >= 0.6 is 0 Å². The summed E-state index contributed by atoms with van der Waals surface area (Å²) in [6, 6.07) is 9.13. The van der Waals surface area contributed by atoms with E-state index in [4.69, 9.17) is 10.5 Å². The van der Waals surface area contributed by atoms with Gasteiger partial charge in [-0.3, -0.25) is 14.5 Å². The molecule has 3 atom stereocenters. The second-order valence-electron chi connectivity index (χ2n) is 7.43. The lowest BCUT2D eigenvalue weighted by molar-refractivity contribution is -0.128. The molecular formula is C20H30N4O3. The van der Waals surface area contributed by atoms with Gasteiger partial charge in [0.05, 0.1) is 25.2 Å². The number of hydrogen-bond donors (Lipinski definition) is 2. The molecule has 2 saturated heterocycles. The minimum Gasteiger partial charge on any atom is -0.379 e. The average Bonchev–Trinajstić information content (AvgIpc) is 3.05. The highest BCUT2D eigenvalue weighted by Gasteiger charge is 2.32. The van der Waals surface area contributed by atoms with Crippen molar-refractivity contribution in [3.8, 4) is 0 Å². The number of benzene rings is 1. The second kappa shape index (κ2) is 9.30. The third-order valence-electron chi connectivity index (χ3n) is 5.49. The molecule has 0 aromatic heterocycles. The van der Waals surface area contributed by atoms with Crippen LogP contribution in [0, 0.1) is 5.92 Å². The van der Waals surface area contributed by atoms with E-state index in [-0.39, 0.29) is 29.8 Å². The zero-order valence-corrected chi connectivity index (χ0v) is 16.0. The molecule has 2 amide bonds. The van der Waals surface area contributed by atoms with Crippen molar-refractivity contribution in [2.75, 3.05) is 45.9 Å². The summed E-state index contributed by atoms with van der Waals surface area (Å²) in [5.41, 5.74) is 7.18. The normalized spacial score (nSPS) is 23.3. The first-order valence-electron chi connectivity index (χ1n) is 9.73. The van der Waals surface area contributed by atoms with E-state index in [9.17, 15) is 9.59 Å². The summed E-state index contributed by atoms with van der Waals surface area (Å²) >= 11 is 0. The Balaban J connectivity index is 1.46. The maximum absolute atomic E-state index is 12.6. The van der Waals surface area contributed by atoms with Gasteiger partial charge >= 0.3 is 0 Å². The number of nitrogens with one attached hydrogen (secondary N) is 1. The highest BCUT2D eigenvalue weighted by atomic mass is 16.5. The van der Waals surface area contributed by atoms with E-state index in [1.54, 1.807) is 0 Å². The topological polar surface area (TPSA) is 87.9 Å². The molecule has 1 aromatic rings. The SMILES string of the molecule is CC(C(=O)NC1CC(=O)N(CCN2CCOCC2)C1)C(N)c1ccccc1. The van der Waals surface area contributed by atoms with E-state index in [1.165, 1.54) is 0 Å². The molecule has 148 valence electrons. The van der Waals surface area contributed by atoms with Crippen LogP contribution in [0.25, 0.3) is 0 Å². The highest BCUT2D eigenvalue weighted by molar-refractivity contribution is 5.83. The van der Waals surface area contributed by atoms with Crippen LogP contribution in [0.5, 0.6) is 0 Å². The Morgan fingerprint density at radius 2 is 1.96 bits per heavy atom. The van der Waals surface area contributed by atoms with Gasteiger partial charge in [-0.1, -0.05) is 37.3 Å². The molecule has 0 saturated carbocycles. The molecule has 2 heterocycles. The van der Waals surface area contributed by atoms with E-state index in [2.05, 4.69) is 10.2 Å². The minimum atomic E-state index is -0.360. The lowest BCUT2D eigenvalue weighted by atomic mass is 9.94. The summed E-state index contributed by atoms with van der Waals surface area (Å²) in [6.45, 7) is 7.30. The van der Waals surface area contributed by atoms with Crippen LogP contribution in [0.15, 0.2) is 30.3 Å². The minimum absolute atomic E-state index is 0.0980. The lowest BCUT2D eigenvalue weighted by Crippen LogP contribution is -2.44. The van der Waals surface area contributed by atoms with E-state index >= 15 is 0 Å². The van der Waals surface area contributed by atoms with Crippen LogP contribution < -0.4 is 11.1 Å². The number of amides is 2. The fourth-order valence-electron chi connectivity index (χ4n) is 3.63. The van der Waals surface area contributed by atoms with Crippen molar-refractivity contribution >= 4 is 11.8 Å². The standard InChI is InChI=1S/C20H30N4O3/c1-15(19(21)16-5-3-2-4-6-16)20(26)22-17-13-18(25)24(14-17)8-7-23-9-11-27-12-10-23/h2-6,15,17,19H,7-14,21H2,1H3,(H,22,26). The lowest BCUT2D eigenvalue weighted by Gasteiger charge is -2.28. The molecule has 1 aromatic carbocycles. The van der Waals surface area contributed by atoms with Gasteiger partial charge in [-0.2, -0.15) is 0 Å². The molecule has 0 aliphatic carbocycles. The van der Waals surface area contributed by atoms with Crippen LogP contribution in [-0.4, -0.2) is 73.6 Å². The maximum Gasteiger partial charge on any atom is 0.225 e. The van der Waals surface area contributed by atoms with E-state index in [0.29, 0.717) is 19.5 Å². The number of carbonyl (C=O) groups excluding carboxylic acids is 2. The van der Waals surface area contributed by atoms with Crippen molar-refractivity contribution in [3.05, 3.63) is 35.9 Å². The van der Waals surface area contributed by atoms with Gasteiger partial charge in [-0.05, 0) is 5.56 Å². The first kappa shape index (κ1) is 19.8. The zero-order valence-electron chi connectivity index (χ0n) is 16.0. The highest BCUT2D eigenvalue weighted by Crippen LogP contribution is 2.20. The van der Waals surface area contributed by atoms with Crippen molar-refractivity contribution in [2.24, 2.45) is 11.7 Å². The Labute approximate surface area is 160 Å². The third-order valence-corrected chi connectivity index (χ3v) is 5.49. The second-order valence-corrected chi connectivity index (χ2v) is 7.43. The first-order valence-corrected chi connectivity index (χ1v) is 9.73. The third kappa shape index (κ3) is 5.28. The maximum atomic E-state index is 12.6. The Morgan fingerprint density at radius 3 is 2.67 bits per heavy atom. The number of morpholine rings is 1. The fourth-order valence-corrected chi connectivity index (χ4v) is 3.63. The van der Waals surface area contributed by atoms with Crippen molar-refractivity contribution in [2.45, 2.75) is 25.4 Å². The molecule has 7 nitrogen and oxygen atoms in total.